The first-order chi connectivity index (χ1) is 24.6. The molecular formula is C35H47N7O9. The van der Waals surface area contributed by atoms with E-state index in [0.717, 1.165) is 11.1 Å². The van der Waals surface area contributed by atoms with E-state index in [-0.39, 0.29) is 48.3 Å². The van der Waals surface area contributed by atoms with E-state index < -0.39 is 18.1 Å². The number of ketones is 1. The van der Waals surface area contributed by atoms with Crippen molar-refractivity contribution in [1.29, 1.82) is 0 Å². The molecule has 4 heterocycles. The van der Waals surface area contributed by atoms with Crippen LogP contribution in [0.1, 0.15) is 63.5 Å². The Morgan fingerprint density at radius 2 is 1.22 bits per heavy atom. The summed E-state index contributed by atoms with van der Waals surface area (Å²) in [7, 11) is 0. The van der Waals surface area contributed by atoms with E-state index in [1.165, 1.54) is 15.0 Å². The monoisotopic (exact) mass is 709 g/mol. The van der Waals surface area contributed by atoms with Gasteiger partial charge in [-0.05, 0) is 36.8 Å². The van der Waals surface area contributed by atoms with E-state index >= 15 is 0 Å². The number of carboxylic acid groups (broad SMARTS) is 1. The van der Waals surface area contributed by atoms with E-state index in [2.05, 4.69) is 11.2 Å². The number of hydrogen-bond acceptors (Lipinski definition) is 9. The van der Waals surface area contributed by atoms with Crippen molar-refractivity contribution in [3.05, 3.63) is 71.8 Å². The summed E-state index contributed by atoms with van der Waals surface area (Å²) < 4.78 is 0. The third-order valence-corrected chi connectivity index (χ3v) is 9.00. The number of carboxylic acids is 1. The molecule has 0 spiro atoms. The largest absolute Gasteiger partial charge is 0.480 e. The van der Waals surface area contributed by atoms with Crippen molar-refractivity contribution in [3.63, 3.8) is 0 Å². The molecule has 2 aromatic rings. The fourth-order valence-electron chi connectivity index (χ4n) is 6.09. The molecule has 0 aromatic heterocycles. The van der Waals surface area contributed by atoms with Crippen molar-refractivity contribution in [2.24, 2.45) is 5.84 Å². The van der Waals surface area contributed by atoms with E-state index in [0.29, 0.717) is 64.8 Å². The van der Waals surface area contributed by atoms with Gasteiger partial charge in [-0.3, -0.25) is 29.5 Å². The van der Waals surface area contributed by atoms with Crippen LogP contribution in [0.3, 0.4) is 0 Å². The summed E-state index contributed by atoms with van der Waals surface area (Å²) in [6.07, 6.45) is 3.27. The van der Waals surface area contributed by atoms with Crippen LogP contribution in [0.15, 0.2) is 60.7 Å². The van der Waals surface area contributed by atoms with E-state index in [1.807, 2.05) is 66.1 Å². The number of Topliss-reactive ketones (excluding diaryl/α,β-unsaturated/α-hetero) is 1. The van der Waals surface area contributed by atoms with Gasteiger partial charge in [-0.2, -0.15) is 10.1 Å². The summed E-state index contributed by atoms with van der Waals surface area (Å²) >= 11 is 0. The Morgan fingerprint density at radius 1 is 0.745 bits per heavy atom. The van der Waals surface area contributed by atoms with Gasteiger partial charge < -0.3 is 20.2 Å². The first kappa shape index (κ1) is 38.7. The lowest BCUT2D eigenvalue weighted by Gasteiger charge is -2.29. The van der Waals surface area contributed by atoms with Gasteiger partial charge in [0.2, 0.25) is 11.8 Å². The van der Waals surface area contributed by atoms with E-state index in [9.17, 15) is 28.8 Å². The van der Waals surface area contributed by atoms with Crippen molar-refractivity contribution in [1.82, 2.24) is 30.7 Å². The summed E-state index contributed by atoms with van der Waals surface area (Å²) in [6, 6.07) is 17.3. The molecule has 6 amide bonds. The topological polar surface area (TPSA) is 204 Å². The quantitative estimate of drug-likeness (QED) is 0.144. The van der Waals surface area contributed by atoms with Crippen LogP contribution >= 0.6 is 0 Å². The smallest absolute Gasteiger partial charge is 0.345 e. The summed E-state index contributed by atoms with van der Waals surface area (Å²) in [5.41, 5.74) is 3.94. The zero-order valence-electron chi connectivity index (χ0n) is 28.9. The molecule has 0 saturated carbocycles. The number of carbonyl (C=O) groups excluding carboxylic acids is 5. The number of rotatable bonds is 12. The maximum Gasteiger partial charge on any atom is 0.345 e. The minimum absolute atomic E-state index is 0.0194. The molecule has 276 valence electrons. The summed E-state index contributed by atoms with van der Waals surface area (Å²) in [6.45, 7) is 5.06. The van der Waals surface area contributed by atoms with Gasteiger partial charge in [0.15, 0.2) is 5.78 Å². The minimum Gasteiger partial charge on any atom is -0.480 e. The van der Waals surface area contributed by atoms with E-state index in [1.54, 1.807) is 18.7 Å². The second-order valence-electron chi connectivity index (χ2n) is 12.4. The summed E-state index contributed by atoms with van der Waals surface area (Å²) in [5.74, 6) is 3.32. The molecule has 0 aliphatic carbocycles. The van der Waals surface area contributed by atoms with Gasteiger partial charge in [0.25, 0.3) is 0 Å². The third kappa shape index (κ3) is 10.2. The standard InChI is InChI=1S/C18H23N3O4.C14H16N2O4.C3H8N2O/c1-2-15(22)10-19-17(23)16-9-8-14-11-20(16)18(24)21(14)25-12-13-6-4-3-5-7-13;17-13(18)12-7-6-11-8-15(12)14(19)16(11)20-9-10-4-2-1-3-5-10;1-2-3(6)5-4/h3-7,14,16H,2,8-12H2,1H3,(H,19,23);1-5,11-12H,6-9H2,(H,17,18);2,4H2,1H3,(H,5,6)/t14-,16+;11-,12+;/m11./s1. The molecule has 6 rings (SSSR count). The van der Waals surface area contributed by atoms with Crippen molar-refractivity contribution in [2.75, 3.05) is 19.6 Å². The molecule has 0 radical (unpaired) electrons. The molecule has 4 aliphatic rings. The number of aliphatic carboxylic acids is 1. The molecule has 4 bridgehead atoms. The molecule has 4 aliphatic heterocycles. The van der Waals surface area contributed by atoms with Gasteiger partial charge in [-0.25, -0.2) is 20.2 Å². The highest BCUT2D eigenvalue weighted by molar-refractivity contribution is 5.91. The van der Waals surface area contributed by atoms with Crippen LogP contribution < -0.4 is 16.6 Å². The van der Waals surface area contributed by atoms with Crippen molar-refractivity contribution < 1.29 is 43.5 Å². The summed E-state index contributed by atoms with van der Waals surface area (Å²) in [5, 5.41) is 14.5. The van der Waals surface area contributed by atoms with Crippen LogP contribution in [0.25, 0.3) is 0 Å². The van der Waals surface area contributed by atoms with Crippen molar-refractivity contribution in [2.45, 2.75) is 89.8 Å². The van der Waals surface area contributed by atoms with Gasteiger partial charge in [0, 0.05) is 25.9 Å². The number of urea groups is 2. The minimum atomic E-state index is -0.943. The second-order valence-corrected chi connectivity index (χ2v) is 12.4. The molecular weight excluding hydrogens is 662 g/mol. The Hall–Kier alpha value is -5.06. The number of nitrogens with one attached hydrogen (secondary N) is 2. The van der Waals surface area contributed by atoms with Gasteiger partial charge in [0.05, 0.1) is 18.6 Å². The predicted octanol–water partition coefficient (Wildman–Crippen LogP) is 2.34. The zero-order chi connectivity index (χ0) is 36.9. The number of piperidine rings is 2. The van der Waals surface area contributed by atoms with Crippen LogP contribution in [0.5, 0.6) is 0 Å². The SMILES string of the molecule is CCC(=O)CNC(=O)[C@@H]1CC[C@@H]2CN1C(=O)N2OCc1ccccc1.CCC(=O)NN.O=C(O)[C@@H]1CC[C@@H]2CN1C(=O)N2OCc1ccccc1. The molecule has 4 atom stereocenters. The highest BCUT2D eigenvalue weighted by Gasteiger charge is 2.49. The number of benzene rings is 2. The Morgan fingerprint density at radius 3 is 1.63 bits per heavy atom. The Kier molecular flexibility index (Phi) is 14.3. The third-order valence-electron chi connectivity index (χ3n) is 9.00. The number of amides is 6. The first-order valence-corrected chi connectivity index (χ1v) is 17.1. The van der Waals surface area contributed by atoms with Crippen molar-refractivity contribution in [3.8, 4) is 0 Å². The number of carbonyl (C=O) groups is 6. The number of nitrogens with zero attached hydrogens (tertiary/aromatic N) is 4. The zero-order valence-corrected chi connectivity index (χ0v) is 28.9. The molecule has 16 nitrogen and oxygen atoms in total. The second kappa shape index (κ2) is 18.8. The molecule has 4 fully saturated rings. The fourth-order valence-corrected chi connectivity index (χ4v) is 6.09. The Balaban J connectivity index is 0.000000201. The Labute approximate surface area is 296 Å². The molecule has 2 aromatic carbocycles. The highest BCUT2D eigenvalue weighted by atomic mass is 16.7. The van der Waals surface area contributed by atoms with Crippen LogP contribution in [0.4, 0.5) is 9.59 Å². The predicted molar refractivity (Wildman–Crippen MR) is 183 cm³/mol. The van der Waals surface area contributed by atoms with Crippen LogP contribution in [-0.2, 0) is 42.1 Å². The summed E-state index contributed by atoms with van der Waals surface area (Å²) in [4.78, 5) is 83.8. The molecule has 5 N–H and O–H groups in total. The first-order valence-electron chi connectivity index (χ1n) is 17.1. The fraction of sp³-hybridized carbons (Fsp3) is 0.486. The number of fused-ring (bicyclic) bond motifs is 4. The number of hydrazine groups is 1. The normalized spacial score (nSPS) is 21.6. The number of hydrogen-bond donors (Lipinski definition) is 4. The Bertz CT molecular complexity index is 1510. The lowest BCUT2D eigenvalue weighted by molar-refractivity contribution is -0.143. The molecule has 4 saturated heterocycles. The van der Waals surface area contributed by atoms with E-state index in [4.69, 9.17) is 14.8 Å². The van der Waals surface area contributed by atoms with Crippen LogP contribution in [0.2, 0.25) is 0 Å². The van der Waals surface area contributed by atoms with Crippen LogP contribution in [0, 0.1) is 0 Å². The molecule has 51 heavy (non-hydrogen) atoms. The molecule has 0 unspecified atom stereocenters. The maximum atomic E-state index is 12.6. The lowest BCUT2D eigenvalue weighted by atomic mass is 10.0. The average molecular weight is 710 g/mol. The average Bonchev–Trinajstić information content (AvgIpc) is 3.54. The lowest BCUT2D eigenvalue weighted by Crippen LogP contribution is -2.50. The van der Waals surface area contributed by atoms with Crippen LogP contribution in [-0.4, -0.2) is 104 Å². The van der Waals surface area contributed by atoms with Crippen molar-refractivity contribution >= 4 is 35.6 Å². The molecule has 16 heteroatoms. The highest BCUT2D eigenvalue weighted by Crippen LogP contribution is 2.31. The van der Waals surface area contributed by atoms with Gasteiger partial charge >= 0.3 is 18.0 Å². The van der Waals surface area contributed by atoms with Gasteiger partial charge in [-0.15, -0.1) is 0 Å². The maximum absolute atomic E-state index is 12.6. The van der Waals surface area contributed by atoms with Gasteiger partial charge in [-0.1, -0.05) is 74.5 Å². The number of hydroxylamine groups is 4. The number of nitrogens with two attached hydrogens (primary N) is 1. The van der Waals surface area contributed by atoms with Gasteiger partial charge in [0.1, 0.15) is 25.3 Å².